The van der Waals surface area contributed by atoms with Crippen LogP contribution in [-0.2, 0) is 14.3 Å². The maximum Gasteiger partial charge on any atom is 0.332 e. The summed E-state index contributed by atoms with van der Waals surface area (Å²) in [4.78, 5) is 24.0. The Hall–Kier alpha value is -1.40. The third kappa shape index (κ3) is 9.60. The van der Waals surface area contributed by atoms with Crippen LogP contribution in [0.4, 0.5) is 0 Å². The molecule has 0 saturated carbocycles. The Morgan fingerprint density at radius 1 is 1.16 bits per heavy atom. The Morgan fingerprint density at radius 2 is 1.76 bits per heavy atom. The lowest BCUT2D eigenvalue weighted by atomic mass is 9.93. The monoisotopic (exact) mass is 357 g/mol. The maximum absolute atomic E-state index is 12.1. The van der Waals surface area contributed by atoms with E-state index in [1.165, 1.54) is 32.1 Å². The minimum atomic E-state index is -1.06. The highest BCUT2D eigenvalue weighted by Gasteiger charge is 2.30. The predicted molar refractivity (Wildman–Crippen MR) is 98.0 cm³/mol. The zero-order valence-corrected chi connectivity index (χ0v) is 16.3. The van der Waals surface area contributed by atoms with E-state index < -0.39 is 28.9 Å². The Labute approximate surface area is 151 Å². The van der Waals surface area contributed by atoms with Crippen LogP contribution in [0.25, 0.3) is 0 Å². The highest BCUT2D eigenvalue weighted by molar-refractivity contribution is 5.88. The van der Waals surface area contributed by atoms with Crippen LogP contribution in [0.2, 0.25) is 0 Å². The molecule has 2 atom stereocenters. The Balaban J connectivity index is 4.81. The number of ether oxygens (including phenoxy) is 1. The summed E-state index contributed by atoms with van der Waals surface area (Å²) in [7, 11) is 1.23. The third-order valence-electron chi connectivity index (χ3n) is 4.19. The van der Waals surface area contributed by atoms with Gasteiger partial charge in [-0.1, -0.05) is 51.2 Å². The summed E-state index contributed by atoms with van der Waals surface area (Å²) in [5.41, 5.74) is -2.07. The highest BCUT2D eigenvalue weighted by atomic mass is 16.5. The van der Waals surface area contributed by atoms with Crippen LogP contribution in [0.15, 0.2) is 12.2 Å². The first-order chi connectivity index (χ1) is 11.6. The lowest BCUT2D eigenvalue weighted by Crippen LogP contribution is -2.47. The van der Waals surface area contributed by atoms with Crippen molar-refractivity contribution in [3.8, 4) is 0 Å². The fourth-order valence-corrected chi connectivity index (χ4v) is 2.19. The van der Waals surface area contributed by atoms with Crippen LogP contribution in [0.3, 0.4) is 0 Å². The van der Waals surface area contributed by atoms with E-state index in [4.69, 9.17) is 4.74 Å². The molecule has 0 aromatic rings. The zero-order chi connectivity index (χ0) is 19.5. The molecular weight excluding hydrogens is 322 g/mol. The quantitative estimate of drug-likeness (QED) is 0.283. The highest BCUT2D eigenvalue weighted by Crippen LogP contribution is 2.18. The van der Waals surface area contributed by atoms with Gasteiger partial charge in [0.25, 0.3) is 0 Å². The minimum absolute atomic E-state index is 0.341. The number of unbranched alkanes of at least 4 members (excludes halogenated alkanes) is 4. The van der Waals surface area contributed by atoms with Crippen molar-refractivity contribution in [1.82, 2.24) is 5.32 Å². The van der Waals surface area contributed by atoms with Crippen LogP contribution < -0.4 is 5.32 Å². The van der Waals surface area contributed by atoms with Crippen molar-refractivity contribution >= 4 is 11.9 Å². The molecular formula is C19H35NO5. The summed E-state index contributed by atoms with van der Waals surface area (Å²) in [5, 5.41) is 22.2. The Morgan fingerprint density at radius 3 is 2.28 bits per heavy atom. The van der Waals surface area contributed by atoms with Crippen molar-refractivity contribution in [3.63, 3.8) is 0 Å². The van der Waals surface area contributed by atoms with Crippen LogP contribution in [0, 0.1) is 5.41 Å². The fourth-order valence-electron chi connectivity index (χ4n) is 2.19. The van der Waals surface area contributed by atoms with E-state index in [0.29, 0.717) is 6.42 Å². The SMILES string of the molecule is CCCCCCCC(C)(O)/C=C/[C@H](NC(=O)C(C)(C)CO)C(=O)OC. The van der Waals surface area contributed by atoms with E-state index in [1.54, 1.807) is 20.8 Å². The molecule has 0 saturated heterocycles. The molecule has 25 heavy (non-hydrogen) atoms. The summed E-state index contributed by atoms with van der Waals surface area (Å²) in [6, 6.07) is -1.00. The molecule has 0 radical (unpaired) electrons. The van der Waals surface area contributed by atoms with E-state index in [9.17, 15) is 19.8 Å². The molecule has 1 unspecified atom stereocenters. The van der Waals surface area contributed by atoms with E-state index in [0.717, 1.165) is 19.3 Å². The van der Waals surface area contributed by atoms with Crippen molar-refractivity contribution in [3.05, 3.63) is 12.2 Å². The van der Waals surface area contributed by atoms with Gasteiger partial charge in [-0.05, 0) is 27.2 Å². The van der Waals surface area contributed by atoms with Crippen molar-refractivity contribution < 1.29 is 24.5 Å². The first kappa shape index (κ1) is 23.6. The van der Waals surface area contributed by atoms with E-state index in [2.05, 4.69) is 12.2 Å². The molecule has 0 aromatic heterocycles. The number of rotatable bonds is 12. The number of carbonyl (C=O) groups is 2. The van der Waals surface area contributed by atoms with Crippen molar-refractivity contribution in [1.29, 1.82) is 0 Å². The van der Waals surface area contributed by atoms with Gasteiger partial charge in [0.05, 0.1) is 24.7 Å². The smallest absolute Gasteiger partial charge is 0.332 e. The largest absolute Gasteiger partial charge is 0.467 e. The number of nitrogens with one attached hydrogen (secondary N) is 1. The number of carbonyl (C=O) groups excluding carboxylic acids is 2. The van der Waals surface area contributed by atoms with Gasteiger partial charge in [0, 0.05) is 0 Å². The number of amides is 1. The molecule has 0 heterocycles. The molecule has 146 valence electrons. The number of hydrogen-bond donors (Lipinski definition) is 3. The summed E-state index contributed by atoms with van der Waals surface area (Å²) < 4.78 is 4.70. The van der Waals surface area contributed by atoms with Crippen LogP contribution in [0.5, 0.6) is 0 Å². The second kappa shape index (κ2) is 11.3. The average Bonchev–Trinajstić information content (AvgIpc) is 2.57. The van der Waals surface area contributed by atoms with Gasteiger partial charge in [0.1, 0.15) is 6.04 Å². The lowest BCUT2D eigenvalue weighted by Gasteiger charge is -2.24. The second-order valence-corrected chi connectivity index (χ2v) is 7.40. The van der Waals surface area contributed by atoms with Crippen molar-refractivity contribution in [2.24, 2.45) is 5.41 Å². The summed E-state index contributed by atoms with van der Waals surface area (Å²) >= 11 is 0. The molecule has 3 N–H and O–H groups in total. The number of methoxy groups -OCH3 is 1. The molecule has 0 aliphatic carbocycles. The van der Waals surface area contributed by atoms with Gasteiger partial charge in [0.2, 0.25) is 5.91 Å². The number of esters is 1. The normalized spacial score (nSPS) is 15.6. The molecule has 0 aromatic carbocycles. The first-order valence-electron chi connectivity index (χ1n) is 9.01. The number of aliphatic hydroxyl groups is 2. The van der Waals surface area contributed by atoms with Crippen LogP contribution in [-0.4, -0.2) is 47.4 Å². The van der Waals surface area contributed by atoms with E-state index in [-0.39, 0.29) is 6.61 Å². The number of aliphatic hydroxyl groups excluding tert-OH is 1. The first-order valence-corrected chi connectivity index (χ1v) is 9.01. The van der Waals surface area contributed by atoms with Gasteiger partial charge in [-0.25, -0.2) is 4.79 Å². The topological polar surface area (TPSA) is 95.9 Å². The van der Waals surface area contributed by atoms with Crippen LogP contribution in [0.1, 0.15) is 66.2 Å². The van der Waals surface area contributed by atoms with E-state index in [1.807, 2.05) is 0 Å². The van der Waals surface area contributed by atoms with Gasteiger partial charge in [-0.3, -0.25) is 4.79 Å². The molecule has 0 aliphatic heterocycles. The zero-order valence-electron chi connectivity index (χ0n) is 16.3. The van der Waals surface area contributed by atoms with Gasteiger partial charge in [-0.2, -0.15) is 0 Å². The maximum atomic E-state index is 12.1. The molecule has 0 rings (SSSR count). The standard InChI is InChI=1S/C19H35NO5/c1-6-7-8-9-10-12-19(4,24)13-11-15(16(22)25-5)20-17(23)18(2,3)14-21/h11,13,15,21,24H,6-10,12,14H2,1-5H3,(H,20,23)/b13-11+/t15-,19?/m0/s1. The third-order valence-corrected chi connectivity index (χ3v) is 4.19. The summed E-state index contributed by atoms with van der Waals surface area (Å²) in [5.74, 6) is -1.09. The van der Waals surface area contributed by atoms with Gasteiger partial charge in [0.15, 0.2) is 0 Å². The number of hydrogen-bond acceptors (Lipinski definition) is 5. The van der Waals surface area contributed by atoms with Crippen LogP contribution >= 0.6 is 0 Å². The molecule has 6 nitrogen and oxygen atoms in total. The minimum Gasteiger partial charge on any atom is -0.467 e. The summed E-state index contributed by atoms with van der Waals surface area (Å²) in [6.45, 7) is 6.64. The predicted octanol–water partition coefficient (Wildman–Crippen LogP) is 2.33. The Bertz CT molecular complexity index is 443. The molecule has 0 aliphatic rings. The molecule has 0 bridgehead atoms. The van der Waals surface area contributed by atoms with Gasteiger partial charge >= 0.3 is 5.97 Å². The van der Waals surface area contributed by atoms with E-state index >= 15 is 0 Å². The van der Waals surface area contributed by atoms with Crippen molar-refractivity contribution in [2.75, 3.05) is 13.7 Å². The fraction of sp³-hybridized carbons (Fsp3) is 0.789. The molecule has 0 spiro atoms. The lowest BCUT2D eigenvalue weighted by molar-refractivity contribution is -0.145. The second-order valence-electron chi connectivity index (χ2n) is 7.40. The molecule has 1 amide bonds. The Kier molecular flexibility index (Phi) is 10.6. The molecule has 6 heteroatoms. The molecule has 0 fully saturated rings. The van der Waals surface area contributed by atoms with Gasteiger partial charge < -0.3 is 20.3 Å². The van der Waals surface area contributed by atoms with Crippen molar-refractivity contribution in [2.45, 2.75) is 77.9 Å². The summed E-state index contributed by atoms with van der Waals surface area (Å²) in [6.07, 6.45) is 9.01. The average molecular weight is 357 g/mol. The van der Waals surface area contributed by atoms with Gasteiger partial charge in [-0.15, -0.1) is 0 Å².